The Balaban J connectivity index is 2.02. The zero-order valence-corrected chi connectivity index (χ0v) is 10.9. The Kier molecular flexibility index (Phi) is 4.13. The summed E-state index contributed by atoms with van der Waals surface area (Å²) >= 11 is 0. The van der Waals surface area contributed by atoms with Gasteiger partial charge in [-0.3, -0.25) is 4.79 Å². The van der Waals surface area contributed by atoms with E-state index in [2.05, 4.69) is 9.72 Å². The molecule has 0 saturated heterocycles. The normalized spacial score (nSPS) is 12.0. The number of hydrogen-bond acceptors (Lipinski definition) is 2. The number of alkyl halides is 3. The fraction of sp³-hybridized carbons (Fsp3) is 0.357. The van der Waals surface area contributed by atoms with Crippen molar-refractivity contribution in [3.05, 3.63) is 35.5 Å². The molecule has 0 aliphatic heterocycles. The second kappa shape index (κ2) is 5.66. The summed E-state index contributed by atoms with van der Waals surface area (Å²) in [5, 5.41) is 0.813. The molecule has 108 valence electrons. The third-order valence-electron chi connectivity index (χ3n) is 2.95. The molecule has 20 heavy (non-hydrogen) atoms. The smallest absolute Gasteiger partial charge is 0.372 e. The van der Waals surface area contributed by atoms with Gasteiger partial charge in [-0.2, -0.15) is 13.2 Å². The first-order valence-corrected chi connectivity index (χ1v) is 6.13. The molecule has 3 nitrogen and oxygen atoms in total. The molecule has 0 unspecified atom stereocenters. The lowest BCUT2D eigenvalue weighted by atomic mass is 10.0. The van der Waals surface area contributed by atoms with E-state index in [0.717, 1.165) is 16.5 Å². The zero-order chi connectivity index (χ0) is 14.8. The van der Waals surface area contributed by atoms with Crippen molar-refractivity contribution in [2.24, 2.45) is 0 Å². The van der Waals surface area contributed by atoms with Crippen LogP contribution in [0.25, 0.3) is 10.9 Å². The molecule has 1 N–H and O–H groups in total. The number of Topliss-reactive ketones (excluding diaryl/α,β-unsaturated/α-hetero) is 1. The maximum Gasteiger partial charge on any atom is 0.411 e. The summed E-state index contributed by atoms with van der Waals surface area (Å²) in [5.41, 5.74) is 2.28. The number of aryl methyl sites for hydroxylation is 1. The van der Waals surface area contributed by atoms with Gasteiger partial charge in [0.1, 0.15) is 6.61 Å². The lowest BCUT2D eigenvalue weighted by Crippen LogP contribution is -2.18. The van der Waals surface area contributed by atoms with Crippen LogP contribution in [0, 0.1) is 6.92 Å². The Bertz CT molecular complexity index is 616. The number of hydrogen-bond donors (Lipinski definition) is 1. The van der Waals surface area contributed by atoms with Crippen LogP contribution >= 0.6 is 0 Å². The first-order chi connectivity index (χ1) is 9.38. The number of H-pyrrole nitrogens is 1. The molecule has 2 rings (SSSR count). The fourth-order valence-corrected chi connectivity index (χ4v) is 2.07. The van der Waals surface area contributed by atoms with Gasteiger partial charge in [0, 0.05) is 29.1 Å². The van der Waals surface area contributed by atoms with Crippen molar-refractivity contribution in [3.63, 3.8) is 0 Å². The molecule has 1 aromatic heterocycles. The fourth-order valence-electron chi connectivity index (χ4n) is 2.07. The van der Waals surface area contributed by atoms with Gasteiger partial charge in [-0.25, -0.2) is 0 Å². The van der Waals surface area contributed by atoms with E-state index in [0.29, 0.717) is 5.56 Å². The van der Waals surface area contributed by atoms with Crippen molar-refractivity contribution >= 4 is 16.7 Å². The lowest BCUT2D eigenvalue weighted by molar-refractivity contribution is -0.173. The van der Waals surface area contributed by atoms with Crippen LogP contribution in [0.3, 0.4) is 0 Å². The maximum absolute atomic E-state index is 12.0. The first kappa shape index (κ1) is 14.6. The second-order valence-electron chi connectivity index (χ2n) is 4.54. The van der Waals surface area contributed by atoms with Gasteiger partial charge < -0.3 is 9.72 Å². The van der Waals surface area contributed by atoms with Gasteiger partial charge in [-0.05, 0) is 18.6 Å². The number of nitrogens with one attached hydrogen (secondary N) is 1. The van der Waals surface area contributed by atoms with Crippen molar-refractivity contribution < 1.29 is 22.7 Å². The van der Waals surface area contributed by atoms with E-state index in [-0.39, 0.29) is 18.8 Å². The number of aromatic nitrogens is 1. The van der Waals surface area contributed by atoms with Crippen molar-refractivity contribution in [2.45, 2.75) is 19.5 Å². The highest BCUT2D eigenvalue weighted by Gasteiger charge is 2.27. The number of aromatic amines is 1. The molecular weight excluding hydrogens is 271 g/mol. The number of halogens is 3. The predicted octanol–water partition coefficient (Wildman–Crippen LogP) is 3.63. The Morgan fingerprint density at radius 1 is 1.35 bits per heavy atom. The predicted molar refractivity (Wildman–Crippen MR) is 68.9 cm³/mol. The molecular formula is C14H14F3NO2. The number of carbonyl (C=O) groups is 1. The zero-order valence-electron chi connectivity index (χ0n) is 10.9. The van der Waals surface area contributed by atoms with Crippen LogP contribution in [-0.2, 0) is 4.74 Å². The van der Waals surface area contributed by atoms with Crippen LogP contribution in [0.4, 0.5) is 13.2 Å². The molecule has 0 bridgehead atoms. The average molecular weight is 285 g/mol. The highest BCUT2D eigenvalue weighted by Crippen LogP contribution is 2.23. The van der Waals surface area contributed by atoms with Gasteiger partial charge in [0.2, 0.25) is 0 Å². The lowest BCUT2D eigenvalue weighted by Gasteiger charge is -2.07. The van der Waals surface area contributed by atoms with E-state index >= 15 is 0 Å². The van der Waals surface area contributed by atoms with Crippen molar-refractivity contribution in [1.29, 1.82) is 0 Å². The number of benzene rings is 1. The number of fused-ring (bicyclic) bond motifs is 1. The molecule has 0 saturated carbocycles. The minimum Gasteiger partial charge on any atom is -0.372 e. The van der Waals surface area contributed by atoms with E-state index in [1.54, 1.807) is 6.20 Å². The average Bonchev–Trinajstić information content (AvgIpc) is 2.78. The SMILES string of the molecule is Cc1cccc2[nH]cc(C(=O)CCOCC(F)(F)F)c12. The molecule has 1 heterocycles. The Morgan fingerprint density at radius 2 is 2.10 bits per heavy atom. The summed E-state index contributed by atoms with van der Waals surface area (Å²) in [4.78, 5) is 15.0. The van der Waals surface area contributed by atoms with Gasteiger partial charge in [0.25, 0.3) is 0 Å². The number of rotatable bonds is 5. The molecule has 0 radical (unpaired) electrons. The third-order valence-corrected chi connectivity index (χ3v) is 2.95. The summed E-state index contributed by atoms with van der Waals surface area (Å²) in [6.45, 7) is 0.317. The minimum absolute atomic E-state index is 0.0721. The summed E-state index contributed by atoms with van der Waals surface area (Å²) in [6.07, 6.45) is -2.85. The number of ketones is 1. The third kappa shape index (κ3) is 3.39. The van der Waals surface area contributed by atoms with Crippen molar-refractivity contribution in [2.75, 3.05) is 13.2 Å². The van der Waals surface area contributed by atoms with Crippen LogP contribution in [-0.4, -0.2) is 30.2 Å². The molecule has 1 aromatic carbocycles. The van der Waals surface area contributed by atoms with Crippen LogP contribution in [0.1, 0.15) is 22.3 Å². The van der Waals surface area contributed by atoms with Gasteiger partial charge in [0.15, 0.2) is 5.78 Å². The molecule has 0 aliphatic rings. The van der Waals surface area contributed by atoms with Crippen molar-refractivity contribution in [3.8, 4) is 0 Å². The number of carbonyl (C=O) groups excluding carboxylic acids is 1. The highest BCUT2D eigenvalue weighted by atomic mass is 19.4. The van der Waals surface area contributed by atoms with Crippen LogP contribution in [0.2, 0.25) is 0 Å². The van der Waals surface area contributed by atoms with Gasteiger partial charge in [0.05, 0.1) is 6.61 Å². The number of ether oxygens (including phenoxy) is 1. The molecule has 0 fully saturated rings. The van der Waals surface area contributed by atoms with E-state index in [9.17, 15) is 18.0 Å². The Labute approximate surface area is 113 Å². The molecule has 2 aromatic rings. The molecule has 0 atom stereocenters. The van der Waals surface area contributed by atoms with Crippen LogP contribution in [0.15, 0.2) is 24.4 Å². The van der Waals surface area contributed by atoms with E-state index in [1.165, 1.54) is 0 Å². The first-order valence-electron chi connectivity index (χ1n) is 6.13. The molecule has 0 amide bonds. The topological polar surface area (TPSA) is 42.1 Å². The Hall–Kier alpha value is -1.82. The minimum atomic E-state index is -4.36. The van der Waals surface area contributed by atoms with E-state index < -0.39 is 12.8 Å². The quantitative estimate of drug-likeness (QED) is 0.673. The Morgan fingerprint density at radius 3 is 2.80 bits per heavy atom. The summed E-state index contributed by atoms with van der Waals surface area (Å²) in [6, 6.07) is 5.60. The molecule has 0 aliphatic carbocycles. The largest absolute Gasteiger partial charge is 0.411 e. The molecule has 6 heteroatoms. The van der Waals surface area contributed by atoms with E-state index in [4.69, 9.17) is 0 Å². The summed E-state index contributed by atoms with van der Waals surface area (Å²) in [7, 11) is 0. The van der Waals surface area contributed by atoms with Gasteiger partial charge in [-0.1, -0.05) is 12.1 Å². The maximum atomic E-state index is 12.0. The summed E-state index contributed by atoms with van der Waals surface area (Å²) in [5.74, 6) is -0.229. The van der Waals surface area contributed by atoms with Gasteiger partial charge >= 0.3 is 6.18 Å². The summed E-state index contributed by atoms with van der Waals surface area (Å²) < 4.78 is 40.2. The van der Waals surface area contributed by atoms with Crippen molar-refractivity contribution in [1.82, 2.24) is 4.98 Å². The molecule has 0 spiro atoms. The van der Waals surface area contributed by atoms with Gasteiger partial charge in [-0.15, -0.1) is 0 Å². The second-order valence-corrected chi connectivity index (χ2v) is 4.54. The highest BCUT2D eigenvalue weighted by molar-refractivity contribution is 6.08. The monoisotopic (exact) mass is 285 g/mol. The standard InChI is InChI=1S/C14H14F3NO2/c1-9-3-2-4-11-13(9)10(7-18-11)12(19)5-6-20-8-14(15,16)17/h2-4,7,18H,5-6,8H2,1H3. The van der Waals surface area contributed by atoms with E-state index in [1.807, 2.05) is 25.1 Å². The van der Waals surface area contributed by atoms with Crippen LogP contribution in [0.5, 0.6) is 0 Å². The van der Waals surface area contributed by atoms with Crippen LogP contribution < -0.4 is 0 Å².